The van der Waals surface area contributed by atoms with Crippen molar-refractivity contribution in [1.29, 1.82) is 5.26 Å². The van der Waals surface area contributed by atoms with Gasteiger partial charge in [0.25, 0.3) is 10.0 Å². The van der Waals surface area contributed by atoms with Gasteiger partial charge in [-0.2, -0.15) is 5.26 Å². The number of thioether (sulfide) groups is 1. The minimum atomic E-state index is -3.95. The molecule has 0 aliphatic heterocycles. The maximum Gasteiger partial charge on any atom is 0.264 e. The van der Waals surface area contributed by atoms with E-state index in [9.17, 15) is 23.3 Å². The fourth-order valence-electron chi connectivity index (χ4n) is 2.82. The molecule has 10 heteroatoms. The van der Waals surface area contributed by atoms with Crippen molar-refractivity contribution in [3.05, 3.63) is 72.3 Å². The SMILES string of the molecule is CC(=O)NS(=O)(=O)c1ccc(NC(=O)C(C)Sc2nc(-c3ccccc3)ccc2C#N)cc1. The fraction of sp³-hybridized carbons (Fsp3) is 0.130. The third-order valence-electron chi connectivity index (χ3n) is 4.42. The number of nitrogens with one attached hydrogen (secondary N) is 2. The minimum absolute atomic E-state index is 0.0984. The molecule has 8 nitrogen and oxygen atoms in total. The number of nitrogens with zero attached hydrogens (tertiary/aromatic N) is 2. The highest BCUT2D eigenvalue weighted by atomic mass is 32.2. The number of carbonyl (C=O) groups is 2. The van der Waals surface area contributed by atoms with Crippen molar-refractivity contribution in [2.45, 2.75) is 29.0 Å². The van der Waals surface area contributed by atoms with Crippen LogP contribution >= 0.6 is 11.8 Å². The standard InChI is InChI=1S/C23H20N4O4S2/c1-15(22(29)25-19-9-11-20(12-10-19)33(30,31)27-16(2)28)32-23-18(14-24)8-13-21(26-23)17-6-4-3-5-7-17/h3-13,15H,1-2H3,(H,25,29)(H,27,28). The highest BCUT2D eigenvalue weighted by Crippen LogP contribution is 2.29. The van der Waals surface area contributed by atoms with Gasteiger partial charge in [-0.1, -0.05) is 42.1 Å². The number of anilines is 1. The molecule has 33 heavy (non-hydrogen) atoms. The molecule has 2 amide bonds. The topological polar surface area (TPSA) is 129 Å². The number of aromatic nitrogens is 1. The number of carbonyl (C=O) groups excluding carboxylic acids is 2. The van der Waals surface area contributed by atoms with Crippen LogP contribution in [0.3, 0.4) is 0 Å². The quantitative estimate of drug-likeness (QED) is 0.495. The van der Waals surface area contributed by atoms with Crippen LogP contribution in [0, 0.1) is 11.3 Å². The summed E-state index contributed by atoms with van der Waals surface area (Å²) in [4.78, 5) is 28.2. The first-order valence-corrected chi connectivity index (χ1v) is 12.1. The van der Waals surface area contributed by atoms with Crippen LogP contribution in [0.15, 0.2) is 76.7 Å². The summed E-state index contributed by atoms with van der Waals surface area (Å²) in [6.07, 6.45) is 0. The first kappa shape index (κ1) is 24.0. The minimum Gasteiger partial charge on any atom is -0.325 e. The summed E-state index contributed by atoms with van der Waals surface area (Å²) in [6.45, 7) is 2.79. The Morgan fingerprint density at radius 1 is 1.03 bits per heavy atom. The van der Waals surface area contributed by atoms with Gasteiger partial charge >= 0.3 is 0 Å². The molecular formula is C23H20N4O4S2. The van der Waals surface area contributed by atoms with E-state index in [-0.39, 0.29) is 10.8 Å². The average molecular weight is 481 g/mol. The lowest BCUT2D eigenvalue weighted by Gasteiger charge is -2.13. The number of sulfonamides is 1. The van der Waals surface area contributed by atoms with Gasteiger partial charge in [-0.3, -0.25) is 9.59 Å². The van der Waals surface area contributed by atoms with Crippen molar-refractivity contribution in [2.24, 2.45) is 0 Å². The zero-order valence-corrected chi connectivity index (χ0v) is 19.4. The molecule has 3 aromatic rings. The van der Waals surface area contributed by atoms with Crippen LogP contribution in [0.25, 0.3) is 11.3 Å². The molecule has 168 valence electrons. The van der Waals surface area contributed by atoms with Gasteiger partial charge in [-0.25, -0.2) is 18.1 Å². The van der Waals surface area contributed by atoms with Crippen molar-refractivity contribution in [3.63, 3.8) is 0 Å². The Labute approximate surface area is 196 Å². The Kier molecular flexibility index (Phi) is 7.48. The first-order chi connectivity index (χ1) is 15.7. The van der Waals surface area contributed by atoms with Gasteiger partial charge in [0.05, 0.1) is 21.4 Å². The Bertz CT molecular complexity index is 1320. The Morgan fingerprint density at radius 2 is 1.70 bits per heavy atom. The van der Waals surface area contributed by atoms with Crippen molar-refractivity contribution < 1.29 is 18.0 Å². The van der Waals surface area contributed by atoms with Crippen LogP contribution in [0.4, 0.5) is 5.69 Å². The summed E-state index contributed by atoms with van der Waals surface area (Å²) in [5.74, 6) is -1.03. The largest absolute Gasteiger partial charge is 0.325 e. The molecule has 0 saturated carbocycles. The van der Waals surface area contributed by atoms with E-state index >= 15 is 0 Å². The summed E-state index contributed by atoms with van der Waals surface area (Å²) < 4.78 is 25.9. The Morgan fingerprint density at radius 3 is 2.30 bits per heavy atom. The van der Waals surface area contributed by atoms with E-state index in [1.807, 2.05) is 35.1 Å². The van der Waals surface area contributed by atoms with E-state index in [0.717, 1.165) is 24.2 Å². The summed E-state index contributed by atoms with van der Waals surface area (Å²) >= 11 is 1.16. The lowest BCUT2D eigenvalue weighted by atomic mass is 10.1. The molecule has 2 N–H and O–H groups in total. The molecule has 0 fully saturated rings. The molecule has 0 spiro atoms. The zero-order valence-electron chi connectivity index (χ0n) is 17.8. The van der Waals surface area contributed by atoms with Crippen molar-refractivity contribution in [1.82, 2.24) is 9.71 Å². The maximum absolute atomic E-state index is 12.7. The molecule has 1 heterocycles. The van der Waals surface area contributed by atoms with Gasteiger partial charge < -0.3 is 5.32 Å². The molecule has 0 aliphatic rings. The molecule has 2 aromatic carbocycles. The van der Waals surface area contributed by atoms with E-state index < -0.39 is 21.2 Å². The number of amides is 2. The van der Waals surface area contributed by atoms with Crippen LogP contribution in [-0.2, 0) is 19.6 Å². The molecule has 0 bridgehead atoms. The van der Waals surface area contributed by atoms with Crippen molar-refractivity contribution in [2.75, 3.05) is 5.32 Å². The third-order valence-corrected chi connectivity index (χ3v) is 6.97. The van der Waals surface area contributed by atoms with Gasteiger partial charge in [-0.05, 0) is 43.3 Å². The van der Waals surface area contributed by atoms with Crippen LogP contribution in [0.1, 0.15) is 19.4 Å². The Balaban J connectivity index is 1.72. The van der Waals surface area contributed by atoms with E-state index in [2.05, 4.69) is 16.4 Å². The number of hydrogen-bond donors (Lipinski definition) is 2. The predicted molar refractivity (Wildman–Crippen MR) is 126 cm³/mol. The highest BCUT2D eigenvalue weighted by molar-refractivity contribution is 8.00. The molecule has 1 aromatic heterocycles. The van der Waals surface area contributed by atoms with Crippen molar-refractivity contribution in [3.8, 4) is 17.3 Å². The molecule has 3 rings (SSSR count). The Hall–Kier alpha value is -3.68. The summed E-state index contributed by atoms with van der Waals surface area (Å²) in [7, 11) is -3.95. The van der Waals surface area contributed by atoms with Crippen molar-refractivity contribution >= 4 is 39.3 Å². The summed E-state index contributed by atoms with van der Waals surface area (Å²) in [5, 5.41) is 12.0. The van der Waals surface area contributed by atoms with E-state index in [1.54, 1.807) is 19.1 Å². The second-order valence-electron chi connectivity index (χ2n) is 6.96. The normalized spacial score (nSPS) is 11.8. The van der Waals surface area contributed by atoms with E-state index in [4.69, 9.17) is 0 Å². The van der Waals surface area contributed by atoms with Crippen LogP contribution in [-0.4, -0.2) is 30.5 Å². The molecule has 1 unspecified atom stereocenters. The predicted octanol–water partition coefficient (Wildman–Crippen LogP) is 3.56. The van der Waals surface area contributed by atoms with Gasteiger partial charge in [0, 0.05) is 18.2 Å². The van der Waals surface area contributed by atoms with Crippen LogP contribution < -0.4 is 10.0 Å². The van der Waals surface area contributed by atoms with E-state index in [0.29, 0.717) is 22.0 Å². The van der Waals surface area contributed by atoms with Gasteiger partial charge in [0.15, 0.2) is 0 Å². The number of hydrogen-bond acceptors (Lipinski definition) is 7. The first-order valence-electron chi connectivity index (χ1n) is 9.77. The maximum atomic E-state index is 12.7. The lowest BCUT2D eigenvalue weighted by molar-refractivity contribution is -0.117. The van der Waals surface area contributed by atoms with Gasteiger partial charge in [-0.15, -0.1) is 0 Å². The van der Waals surface area contributed by atoms with Crippen LogP contribution in [0.5, 0.6) is 0 Å². The van der Waals surface area contributed by atoms with Crippen LogP contribution in [0.2, 0.25) is 0 Å². The second kappa shape index (κ2) is 10.3. The molecule has 0 saturated heterocycles. The molecule has 1 atom stereocenters. The smallest absolute Gasteiger partial charge is 0.264 e. The number of benzene rings is 2. The molecular weight excluding hydrogens is 460 g/mol. The summed E-state index contributed by atoms with van der Waals surface area (Å²) in [6, 6.07) is 20.5. The molecule has 0 radical (unpaired) electrons. The number of pyridine rings is 1. The monoisotopic (exact) mass is 480 g/mol. The second-order valence-corrected chi connectivity index (χ2v) is 9.97. The summed E-state index contributed by atoms with van der Waals surface area (Å²) in [5.41, 5.74) is 2.35. The lowest BCUT2D eigenvalue weighted by Crippen LogP contribution is -2.28. The number of nitriles is 1. The highest BCUT2D eigenvalue weighted by Gasteiger charge is 2.19. The van der Waals surface area contributed by atoms with Gasteiger partial charge in [0.1, 0.15) is 11.1 Å². The zero-order chi connectivity index (χ0) is 24.0. The van der Waals surface area contributed by atoms with E-state index in [1.165, 1.54) is 24.3 Å². The average Bonchev–Trinajstić information content (AvgIpc) is 2.79. The fourth-order valence-corrected chi connectivity index (χ4v) is 4.70. The third kappa shape index (κ3) is 6.19. The number of rotatable bonds is 7. The molecule has 0 aliphatic carbocycles. The van der Waals surface area contributed by atoms with Gasteiger partial charge in [0.2, 0.25) is 11.8 Å².